The molecule has 98 valence electrons. The molecular formula is C11H13NO5S. The molecule has 6 nitrogen and oxygen atoms in total. The first-order chi connectivity index (χ1) is 8.47. The predicted molar refractivity (Wildman–Crippen MR) is 62.6 cm³/mol. The van der Waals surface area contributed by atoms with Gasteiger partial charge >= 0.3 is 6.09 Å². The number of carbonyl (C=O) groups is 1. The SMILES string of the molecule is Cc1ccc(S(=O)(=O)OC[C@@H]2COC(=O)N2)cc1. The van der Waals surface area contributed by atoms with Crippen LogP contribution in [0.1, 0.15) is 5.56 Å². The number of amides is 1. The minimum absolute atomic E-state index is 0.0957. The molecule has 0 aliphatic carbocycles. The third-order valence-corrected chi connectivity index (χ3v) is 3.77. The number of carbonyl (C=O) groups excluding carboxylic acids is 1. The Hall–Kier alpha value is -1.60. The molecule has 0 aromatic heterocycles. The molecule has 2 rings (SSSR count). The number of cyclic esters (lactones) is 1. The van der Waals surface area contributed by atoms with Crippen molar-refractivity contribution < 1.29 is 22.1 Å². The van der Waals surface area contributed by atoms with Gasteiger partial charge in [-0.3, -0.25) is 4.18 Å². The predicted octanol–water partition coefficient (Wildman–Crippen LogP) is 0.809. The maximum Gasteiger partial charge on any atom is 0.407 e. The average Bonchev–Trinajstić information content (AvgIpc) is 2.73. The van der Waals surface area contributed by atoms with Gasteiger partial charge in [0.1, 0.15) is 6.61 Å². The van der Waals surface area contributed by atoms with Crippen LogP contribution >= 0.6 is 0 Å². The third-order valence-electron chi connectivity index (χ3n) is 2.47. The van der Waals surface area contributed by atoms with Crippen molar-refractivity contribution in [2.45, 2.75) is 17.9 Å². The molecule has 7 heteroatoms. The Bertz CT molecular complexity index is 537. The second-order valence-electron chi connectivity index (χ2n) is 3.99. The van der Waals surface area contributed by atoms with E-state index in [1.54, 1.807) is 12.1 Å². The van der Waals surface area contributed by atoms with E-state index >= 15 is 0 Å². The van der Waals surface area contributed by atoms with E-state index in [2.05, 4.69) is 10.1 Å². The molecule has 0 unspecified atom stereocenters. The Balaban J connectivity index is 1.99. The van der Waals surface area contributed by atoms with Gasteiger partial charge in [-0.2, -0.15) is 8.42 Å². The molecule has 1 fully saturated rings. The monoisotopic (exact) mass is 271 g/mol. The molecule has 0 saturated carbocycles. The summed E-state index contributed by atoms with van der Waals surface area (Å²) in [6, 6.07) is 5.91. The molecule has 1 atom stereocenters. The summed E-state index contributed by atoms with van der Waals surface area (Å²) in [5, 5.41) is 2.44. The molecule has 1 heterocycles. The standard InChI is InChI=1S/C11H13NO5S/c1-8-2-4-10(5-3-8)18(14,15)17-7-9-6-16-11(13)12-9/h2-5,9H,6-7H2,1H3,(H,12,13)/t9-/m0/s1. The minimum Gasteiger partial charge on any atom is -0.447 e. The number of rotatable bonds is 4. The van der Waals surface area contributed by atoms with Crippen LogP contribution in [0.3, 0.4) is 0 Å². The molecule has 0 radical (unpaired) electrons. The van der Waals surface area contributed by atoms with Gasteiger partial charge < -0.3 is 10.1 Å². The maximum atomic E-state index is 11.8. The van der Waals surface area contributed by atoms with Crippen molar-refractivity contribution >= 4 is 16.2 Å². The van der Waals surface area contributed by atoms with Gasteiger partial charge in [-0.25, -0.2) is 4.79 Å². The Morgan fingerprint density at radius 1 is 1.39 bits per heavy atom. The maximum absolute atomic E-state index is 11.8. The summed E-state index contributed by atoms with van der Waals surface area (Å²) in [6.45, 7) is 1.84. The summed E-state index contributed by atoms with van der Waals surface area (Å²) >= 11 is 0. The van der Waals surface area contributed by atoms with Crippen LogP contribution in [-0.2, 0) is 19.0 Å². The van der Waals surface area contributed by atoms with E-state index in [0.29, 0.717) is 0 Å². The Labute approximate surface area is 105 Å². The van der Waals surface area contributed by atoms with E-state index in [9.17, 15) is 13.2 Å². The van der Waals surface area contributed by atoms with E-state index in [1.807, 2.05) is 6.92 Å². The topological polar surface area (TPSA) is 81.7 Å². The van der Waals surface area contributed by atoms with Crippen LogP contribution in [0.2, 0.25) is 0 Å². The van der Waals surface area contributed by atoms with Crippen molar-refractivity contribution in [1.82, 2.24) is 5.32 Å². The molecule has 1 aliphatic heterocycles. The summed E-state index contributed by atoms with van der Waals surface area (Å²) in [5.41, 5.74) is 0.963. The van der Waals surface area contributed by atoms with Crippen LogP contribution in [0.4, 0.5) is 4.79 Å². The van der Waals surface area contributed by atoms with Crippen LogP contribution in [0.15, 0.2) is 29.2 Å². The zero-order valence-electron chi connectivity index (χ0n) is 9.75. The molecule has 0 spiro atoms. The Morgan fingerprint density at radius 2 is 2.06 bits per heavy atom. The van der Waals surface area contributed by atoms with Gasteiger partial charge in [0.2, 0.25) is 0 Å². The number of hydrogen-bond acceptors (Lipinski definition) is 5. The normalized spacial score (nSPS) is 19.4. The molecule has 0 bridgehead atoms. The Kier molecular flexibility index (Phi) is 3.53. The molecule has 1 saturated heterocycles. The summed E-state index contributed by atoms with van der Waals surface area (Å²) in [6.07, 6.45) is -0.559. The first kappa shape index (κ1) is 12.8. The second-order valence-corrected chi connectivity index (χ2v) is 5.61. The highest BCUT2D eigenvalue weighted by molar-refractivity contribution is 7.86. The molecule has 1 amide bonds. The van der Waals surface area contributed by atoms with Crippen LogP contribution in [-0.4, -0.2) is 33.8 Å². The minimum atomic E-state index is -3.79. The lowest BCUT2D eigenvalue weighted by atomic mass is 10.2. The van der Waals surface area contributed by atoms with Crippen molar-refractivity contribution in [2.24, 2.45) is 0 Å². The molecule has 18 heavy (non-hydrogen) atoms. The van der Waals surface area contributed by atoms with Gasteiger partial charge in [-0.05, 0) is 19.1 Å². The highest BCUT2D eigenvalue weighted by Crippen LogP contribution is 2.14. The van der Waals surface area contributed by atoms with Crippen molar-refractivity contribution in [2.75, 3.05) is 13.2 Å². The fraction of sp³-hybridized carbons (Fsp3) is 0.364. The first-order valence-corrected chi connectivity index (χ1v) is 6.77. The molecular weight excluding hydrogens is 258 g/mol. The lowest BCUT2D eigenvalue weighted by molar-refractivity contribution is 0.174. The van der Waals surface area contributed by atoms with Crippen LogP contribution in [0.5, 0.6) is 0 Å². The zero-order valence-corrected chi connectivity index (χ0v) is 10.6. The largest absolute Gasteiger partial charge is 0.447 e. The number of aryl methyl sites for hydroxylation is 1. The molecule has 1 aromatic rings. The fourth-order valence-corrected chi connectivity index (χ4v) is 2.41. The van der Waals surface area contributed by atoms with E-state index < -0.39 is 22.3 Å². The highest BCUT2D eigenvalue weighted by Gasteiger charge is 2.25. The quantitative estimate of drug-likeness (QED) is 0.819. The smallest absolute Gasteiger partial charge is 0.407 e. The van der Waals surface area contributed by atoms with Crippen LogP contribution in [0, 0.1) is 6.92 Å². The lowest BCUT2D eigenvalue weighted by Crippen LogP contribution is -2.31. The lowest BCUT2D eigenvalue weighted by Gasteiger charge is -2.09. The van der Waals surface area contributed by atoms with Gasteiger partial charge in [0.25, 0.3) is 10.1 Å². The second kappa shape index (κ2) is 4.95. The first-order valence-electron chi connectivity index (χ1n) is 5.37. The van der Waals surface area contributed by atoms with E-state index in [4.69, 9.17) is 4.18 Å². The zero-order chi connectivity index (χ0) is 13.2. The molecule has 1 aliphatic rings. The number of benzene rings is 1. The average molecular weight is 271 g/mol. The van der Waals surface area contributed by atoms with Crippen molar-refractivity contribution in [1.29, 1.82) is 0 Å². The van der Waals surface area contributed by atoms with E-state index in [0.717, 1.165) is 5.56 Å². The van der Waals surface area contributed by atoms with Crippen LogP contribution in [0.25, 0.3) is 0 Å². The summed E-state index contributed by atoms with van der Waals surface area (Å²) in [5.74, 6) is 0. The van der Waals surface area contributed by atoms with Crippen molar-refractivity contribution in [3.63, 3.8) is 0 Å². The third kappa shape index (κ3) is 2.99. The molecule has 1 aromatic carbocycles. The summed E-state index contributed by atoms with van der Waals surface area (Å²) in [7, 11) is -3.79. The van der Waals surface area contributed by atoms with Crippen LogP contribution < -0.4 is 5.32 Å². The van der Waals surface area contributed by atoms with Gasteiger partial charge in [-0.1, -0.05) is 17.7 Å². The number of alkyl carbamates (subject to hydrolysis) is 1. The summed E-state index contributed by atoms with van der Waals surface area (Å²) < 4.78 is 33.1. The van der Waals surface area contributed by atoms with Gasteiger partial charge in [0.15, 0.2) is 0 Å². The Morgan fingerprint density at radius 3 is 2.61 bits per heavy atom. The number of ether oxygens (including phenoxy) is 1. The van der Waals surface area contributed by atoms with Crippen molar-refractivity contribution in [3.8, 4) is 0 Å². The van der Waals surface area contributed by atoms with Gasteiger partial charge in [0.05, 0.1) is 17.5 Å². The summed E-state index contributed by atoms with van der Waals surface area (Å²) in [4.78, 5) is 10.8. The molecule has 1 N–H and O–H groups in total. The van der Waals surface area contributed by atoms with E-state index in [1.165, 1.54) is 12.1 Å². The number of nitrogens with one attached hydrogen (secondary N) is 1. The highest BCUT2D eigenvalue weighted by atomic mass is 32.2. The van der Waals surface area contributed by atoms with E-state index in [-0.39, 0.29) is 18.1 Å². The number of hydrogen-bond donors (Lipinski definition) is 1. The van der Waals surface area contributed by atoms with Crippen molar-refractivity contribution in [3.05, 3.63) is 29.8 Å². The van der Waals surface area contributed by atoms with Gasteiger partial charge in [0, 0.05) is 0 Å². The fourth-order valence-electron chi connectivity index (χ4n) is 1.46. The van der Waals surface area contributed by atoms with Gasteiger partial charge in [-0.15, -0.1) is 0 Å².